The van der Waals surface area contributed by atoms with Crippen molar-refractivity contribution < 1.29 is 0 Å². The van der Waals surface area contributed by atoms with Crippen LogP contribution in [0.2, 0.25) is 0 Å². The summed E-state index contributed by atoms with van der Waals surface area (Å²) in [6, 6.07) is 0. The Bertz CT molecular complexity index is 1160. The van der Waals surface area contributed by atoms with Gasteiger partial charge in [0.1, 0.15) is 11.4 Å². The largest absolute Gasteiger partial charge is 0.261 e. The number of aromatic nitrogens is 9. The lowest BCUT2D eigenvalue weighted by Gasteiger charge is -2.16. The van der Waals surface area contributed by atoms with Crippen LogP contribution in [0.4, 0.5) is 0 Å². The molecule has 0 N–H and O–H groups in total. The van der Waals surface area contributed by atoms with Gasteiger partial charge in [-0.2, -0.15) is 0 Å². The van der Waals surface area contributed by atoms with Gasteiger partial charge in [-0.15, -0.1) is 0 Å². The minimum absolute atomic E-state index is 0.606. The average molecular weight is 391 g/mol. The van der Waals surface area contributed by atoms with Gasteiger partial charge in [-0.1, -0.05) is 0 Å². The van der Waals surface area contributed by atoms with E-state index in [0.717, 1.165) is 11.1 Å². The Morgan fingerprint density at radius 3 is 1.33 bits per heavy atom. The van der Waals surface area contributed by atoms with Crippen molar-refractivity contribution in [3.63, 3.8) is 0 Å². The van der Waals surface area contributed by atoms with Crippen molar-refractivity contribution in [2.24, 2.45) is 0 Å². The number of rotatable bonds is 4. The van der Waals surface area contributed by atoms with Crippen molar-refractivity contribution in [2.75, 3.05) is 0 Å². The van der Waals surface area contributed by atoms with Gasteiger partial charge < -0.3 is 0 Å². The summed E-state index contributed by atoms with van der Waals surface area (Å²) in [4.78, 5) is 39.5. The summed E-state index contributed by atoms with van der Waals surface area (Å²) in [6.45, 7) is 0. The van der Waals surface area contributed by atoms with Crippen LogP contribution in [0.25, 0.3) is 45.2 Å². The standard InChI is InChI=1S/C21H13N9/c1-5-26-15(10-22-1)14-9-30-21(18-13-25-4-8-29-18)20(17-12-24-3-7-28-17)19(14)16-11-23-2-6-27-16/h1-13H. The van der Waals surface area contributed by atoms with Gasteiger partial charge in [0.25, 0.3) is 0 Å². The SMILES string of the molecule is c1cnc(-c2cnc(-c3cnccn3)c(-c3cnccn3)c2-c2cnccn2)cn1. The molecule has 30 heavy (non-hydrogen) atoms. The zero-order valence-corrected chi connectivity index (χ0v) is 15.5. The lowest BCUT2D eigenvalue weighted by atomic mass is 9.93. The van der Waals surface area contributed by atoms with Crippen molar-refractivity contribution in [3.05, 3.63) is 80.6 Å². The molecule has 9 nitrogen and oxygen atoms in total. The van der Waals surface area contributed by atoms with Gasteiger partial charge in [0.05, 0.1) is 41.9 Å². The highest BCUT2D eigenvalue weighted by Crippen LogP contribution is 2.41. The van der Waals surface area contributed by atoms with Crippen LogP contribution >= 0.6 is 0 Å². The molecule has 0 aliphatic rings. The smallest absolute Gasteiger partial charge is 0.108 e. The Kier molecular flexibility index (Phi) is 4.59. The van der Waals surface area contributed by atoms with E-state index in [4.69, 9.17) is 4.98 Å². The van der Waals surface area contributed by atoms with E-state index in [1.165, 1.54) is 0 Å². The van der Waals surface area contributed by atoms with Crippen molar-refractivity contribution in [1.82, 2.24) is 44.9 Å². The molecule has 0 atom stereocenters. The molecule has 0 bridgehead atoms. The summed E-state index contributed by atoms with van der Waals surface area (Å²) in [5.41, 5.74) is 5.36. The molecule has 0 saturated carbocycles. The first-order valence-electron chi connectivity index (χ1n) is 9.00. The molecule has 0 aliphatic carbocycles. The highest BCUT2D eigenvalue weighted by Gasteiger charge is 2.23. The second-order valence-corrected chi connectivity index (χ2v) is 6.13. The molecule has 0 saturated heterocycles. The van der Waals surface area contributed by atoms with E-state index in [-0.39, 0.29) is 0 Å². The Morgan fingerprint density at radius 2 is 0.833 bits per heavy atom. The van der Waals surface area contributed by atoms with Crippen LogP contribution in [0, 0.1) is 0 Å². The van der Waals surface area contributed by atoms with Crippen LogP contribution in [0.5, 0.6) is 0 Å². The molecule has 0 aliphatic heterocycles. The van der Waals surface area contributed by atoms with Gasteiger partial charge >= 0.3 is 0 Å². The first kappa shape index (κ1) is 17.6. The van der Waals surface area contributed by atoms with Gasteiger partial charge in [-0.25, -0.2) is 0 Å². The third-order valence-electron chi connectivity index (χ3n) is 4.36. The number of pyridine rings is 1. The highest BCUT2D eigenvalue weighted by atomic mass is 14.9. The second-order valence-electron chi connectivity index (χ2n) is 6.13. The average Bonchev–Trinajstić information content (AvgIpc) is 2.85. The van der Waals surface area contributed by atoms with Crippen LogP contribution in [-0.4, -0.2) is 44.9 Å². The minimum Gasteiger partial charge on any atom is -0.261 e. The monoisotopic (exact) mass is 391 g/mol. The molecule has 9 heteroatoms. The number of hydrogen-bond donors (Lipinski definition) is 0. The maximum absolute atomic E-state index is 4.70. The summed E-state index contributed by atoms with van der Waals surface area (Å²) in [5, 5.41) is 0. The lowest BCUT2D eigenvalue weighted by Crippen LogP contribution is -2.01. The van der Waals surface area contributed by atoms with E-state index < -0.39 is 0 Å². The summed E-state index contributed by atoms with van der Waals surface area (Å²) < 4.78 is 0. The molecular weight excluding hydrogens is 378 g/mol. The Labute approximate surface area is 171 Å². The summed E-state index contributed by atoms with van der Waals surface area (Å²) >= 11 is 0. The van der Waals surface area contributed by atoms with Crippen molar-refractivity contribution >= 4 is 0 Å². The van der Waals surface area contributed by atoms with Crippen LogP contribution < -0.4 is 0 Å². The van der Waals surface area contributed by atoms with Crippen LogP contribution in [-0.2, 0) is 0 Å². The highest BCUT2D eigenvalue weighted by molar-refractivity contribution is 5.96. The molecular formula is C21H13N9. The zero-order chi connectivity index (χ0) is 20.2. The van der Waals surface area contributed by atoms with Crippen molar-refractivity contribution in [2.45, 2.75) is 0 Å². The number of nitrogens with zero attached hydrogens (tertiary/aromatic N) is 9. The quantitative estimate of drug-likeness (QED) is 0.456. The molecule has 5 rings (SSSR count). The van der Waals surface area contributed by atoms with E-state index in [1.54, 1.807) is 80.6 Å². The van der Waals surface area contributed by atoms with Crippen LogP contribution in [0.15, 0.2) is 80.6 Å². The van der Waals surface area contributed by atoms with Crippen molar-refractivity contribution in [1.29, 1.82) is 0 Å². The van der Waals surface area contributed by atoms with E-state index in [2.05, 4.69) is 39.9 Å². The zero-order valence-electron chi connectivity index (χ0n) is 15.5. The summed E-state index contributed by atoms with van der Waals surface area (Å²) in [5.74, 6) is 0. The Morgan fingerprint density at radius 1 is 0.367 bits per heavy atom. The summed E-state index contributed by atoms with van der Waals surface area (Å²) in [7, 11) is 0. The fourth-order valence-corrected chi connectivity index (χ4v) is 3.13. The van der Waals surface area contributed by atoms with Crippen LogP contribution in [0.3, 0.4) is 0 Å². The molecule has 0 amide bonds. The fraction of sp³-hybridized carbons (Fsp3) is 0. The lowest BCUT2D eigenvalue weighted by molar-refractivity contribution is 1.14. The maximum Gasteiger partial charge on any atom is 0.108 e. The normalized spacial score (nSPS) is 10.7. The van der Waals surface area contributed by atoms with Gasteiger partial charge in [0.15, 0.2) is 0 Å². The molecule has 5 aromatic heterocycles. The molecule has 142 valence electrons. The minimum atomic E-state index is 0.606. The molecule has 0 fully saturated rings. The Balaban J connectivity index is 1.91. The third-order valence-corrected chi connectivity index (χ3v) is 4.36. The van der Waals surface area contributed by atoms with Crippen molar-refractivity contribution in [3.8, 4) is 45.2 Å². The first-order valence-corrected chi connectivity index (χ1v) is 9.00. The molecule has 0 aromatic carbocycles. The van der Waals surface area contributed by atoms with E-state index in [9.17, 15) is 0 Å². The molecule has 0 radical (unpaired) electrons. The van der Waals surface area contributed by atoms with E-state index in [0.29, 0.717) is 34.0 Å². The fourth-order valence-electron chi connectivity index (χ4n) is 3.13. The van der Waals surface area contributed by atoms with Crippen LogP contribution in [0.1, 0.15) is 0 Å². The van der Waals surface area contributed by atoms with Gasteiger partial charge in [-0.05, 0) is 0 Å². The van der Waals surface area contributed by atoms with Gasteiger partial charge in [0.2, 0.25) is 0 Å². The topological polar surface area (TPSA) is 116 Å². The third kappa shape index (κ3) is 3.24. The van der Waals surface area contributed by atoms with Gasteiger partial charge in [0, 0.05) is 72.5 Å². The Hall–Kier alpha value is -4.53. The molecule has 0 unspecified atom stereocenters. The predicted molar refractivity (Wildman–Crippen MR) is 108 cm³/mol. The molecule has 5 heterocycles. The van der Waals surface area contributed by atoms with E-state index >= 15 is 0 Å². The first-order chi connectivity index (χ1) is 14.9. The van der Waals surface area contributed by atoms with Gasteiger partial charge in [-0.3, -0.25) is 44.9 Å². The summed E-state index contributed by atoms with van der Waals surface area (Å²) in [6.07, 6.45) is 21.4. The van der Waals surface area contributed by atoms with E-state index in [1.807, 2.05) is 0 Å². The predicted octanol–water partition coefficient (Wildman–Crippen LogP) is 2.91. The molecule has 5 aromatic rings. The number of hydrogen-bond acceptors (Lipinski definition) is 9. The second kappa shape index (κ2) is 7.84. The maximum atomic E-state index is 4.70. The molecule has 0 spiro atoms.